The molecule has 0 spiro atoms. The third kappa shape index (κ3) is 3.35. The van der Waals surface area contributed by atoms with Crippen molar-refractivity contribution in [3.8, 4) is 0 Å². The minimum atomic E-state index is -3.15. The van der Waals surface area contributed by atoms with E-state index < -0.39 is 15.2 Å². The molecule has 0 radical (unpaired) electrons. The molecule has 1 aromatic rings. The highest BCUT2D eigenvalue weighted by Gasteiger charge is 2.33. The predicted octanol–water partition coefficient (Wildman–Crippen LogP) is 2.79. The van der Waals surface area contributed by atoms with Gasteiger partial charge in [0.15, 0.2) is 9.84 Å². The van der Waals surface area contributed by atoms with Crippen LogP contribution in [0.4, 0.5) is 5.82 Å². The zero-order valence-corrected chi connectivity index (χ0v) is 14.2. The third-order valence-electron chi connectivity index (χ3n) is 3.23. The summed E-state index contributed by atoms with van der Waals surface area (Å²) in [6.45, 7) is 2.33. The fourth-order valence-electron chi connectivity index (χ4n) is 2.06. The standard InChI is InChI=1S/C12H16Cl2N2O2S2/c1-2-20(17,18)12-8-19-6-5-16(12)11-4-3-9(14)10(7-13)15-11/h3-4,12H,2,5-8H2,1H3. The van der Waals surface area contributed by atoms with Crippen LogP contribution in [-0.4, -0.2) is 42.6 Å². The Labute approximate surface area is 133 Å². The molecule has 1 saturated heterocycles. The minimum Gasteiger partial charge on any atom is -0.338 e. The Kier molecular flexibility index (Phi) is 5.45. The molecule has 1 fully saturated rings. The Morgan fingerprint density at radius 3 is 2.90 bits per heavy atom. The van der Waals surface area contributed by atoms with Crippen molar-refractivity contribution in [2.24, 2.45) is 0 Å². The number of thioether (sulfide) groups is 1. The highest BCUT2D eigenvalue weighted by Crippen LogP contribution is 2.28. The quantitative estimate of drug-likeness (QED) is 0.778. The summed E-state index contributed by atoms with van der Waals surface area (Å²) >= 11 is 13.5. The van der Waals surface area contributed by atoms with Crippen LogP contribution >= 0.6 is 35.0 Å². The number of hydrogen-bond donors (Lipinski definition) is 0. The number of rotatable bonds is 4. The molecule has 4 nitrogen and oxygen atoms in total. The lowest BCUT2D eigenvalue weighted by Crippen LogP contribution is -2.48. The fourth-order valence-corrected chi connectivity index (χ4v) is 5.48. The Bertz CT molecular complexity index is 581. The Morgan fingerprint density at radius 2 is 2.25 bits per heavy atom. The molecule has 1 unspecified atom stereocenters. The molecule has 0 aromatic carbocycles. The van der Waals surface area contributed by atoms with Gasteiger partial charge in [-0.15, -0.1) is 11.6 Å². The first kappa shape index (κ1) is 16.2. The van der Waals surface area contributed by atoms with Crippen LogP contribution in [0.3, 0.4) is 0 Å². The zero-order valence-electron chi connectivity index (χ0n) is 11.1. The van der Waals surface area contributed by atoms with Crippen molar-refractivity contribution in [1.29, 1.82) is 0 Å². The van der Waals surface area contributed by atoms with E-state index in [4.69, 9.17) is 23.2 Å². The van der Waals surface area contributed by atoms with Crippen LogP contribution in [0.5, 0.6) is 0 Å². The van der Waals surface area contributed by atoms with Gasteiger partial charge in [0.05, 0.1) is 16.6 Å². The predicted molar refractivity (Wildman–Crippen MR) is 86.7 cm³/mol. The molecule has 0 amide bonds. The van der Waals surface area contributed by atoms with Crippen molar-refractivity contribution in [3.05, 3.63) is 22.8 Å². The normalized spacial score (nSPS) is 20.1. The maximum absolute atomic E-state index is 12.2. The second kappa shape index (κ2) is 6.73. The van der Waals surface area contributed by atoms with Gasteiger partial charge >= 0.3 is 0 Å². The van der Waals surface area contributed by atoms with Crippen molar-refractivity contribution in [1.82, 2.24) is 4.98 Å². The number of alkyl halides is 1. The second-order valence-electron chi connectivity index (χ2n) is 4.41. The van der Waals surface area contributed by atoms with Crippen LogP contribution in [0.25, 0.3) is 0 Å². The number of halogens is 2. The molecule has 1 aromatic heterocycles. The number of nitrogens with zero attached hydrogens (tertiary/aromatic N) is 2. The van der Waals surface area contributed by atoms with Crippen LogP contribution in [0.2, 0.25) is 5.02 Å². The SMILES string of the molecule is CCS(=O)(=O)C1CSCCN1c1ccc(Cl)c(CCl)n1. The maximum Gasteiger partial charge on any atom is 0.171 e. The van der Waals surface area contributed by atoms with Crippen LogP contribution in [0.15, 0.2) is 12.1 Å². The van der Waals surface area contributed by atoms with Gasteiger partial charge in [-0.2, -0.15) is 11.8 Å². The highest BCUT2D eigenvalue weighted by atomic mass is 35.5. The van der Waals surface area contributed by atoms with Gasteiger partial charge in [-0.1, -0.05) is 18.5 Å². The molecule has 112 valence electrons. The molecular formula is C12H16Cl2N2O2S2. The van der Waals surface area contributed by atoms with E-state index in [1.165, 1.54) is 0 Å². The van der Waals surface area contributed by atoms with Crippen LogP contribution in [0, 0.1) is 0 Å². The Balaban J connectivity index is 2.38. The molecule has 2 heterocycles. The largest absolute Gasteiger partial charge is 0.338 e. The van der Waals surface area contributed by atoms with Crippen LogP contribution in [0.1, 0.15) is 12.6 Å². The molecule has 0 bridgehead atoms. The lowest BCUT2D eigenvalue weighted by atomic mass is 10.3. The minimum absolute atomic E-state index is 0.130. The number of hydrogen-bond acceptors (Lipinski definition) is 5. The summed E-state index contributed by atoms with van der Waals surface area (Å²) in [7, 11) is -3.15. The third-order valence-corrected chi connectivity index (χ3v) is 7.11. The monoisotopic (exact) mass is 354 g/mol. The molecule has 8 heteroatoms. The van der Waals surface area contributed by atoms with Crippen molar-refractivity contribution in [2.45, 2.75) is 18.2 Å². The second-order valence-corrected chi connectivity index (χ2v) is 8.68. The topological polar surface area (TPSA) is 50.3 Å². The molecule has 1 aliphatic rings. The summed E-state index contributed by atoms with van der Waals surface area (Å²) in [5, 5.41) is -0.0202. The van der Waals surface area contributed by atoms with Gasteiger partial charge in [0, 0.05) is 23.8 Å². The first-order chi connectivity index (χ1) is 9.49. The van der Waals surface area contributed by atoms with Gasteiger partial charge in [-0.05, 0) is 12.1 Å². The first-order valence-electron chi connectivity index (χ1n) is 6.27. The summed E-state index contributed by atoms with van der Waals surface area (Å²) in [6, 6.07) is 3.48. The van der Waals surface area contributed by atoms with Crippen molar-refractivity contribution >= 4 is 50.6 Å². The van der Waals surface area contributed by atoms with E-state index in [0.717, 1.165) is 5.75 Å². The molecule has 0 saturated carbocycles. The van der Waals surface area contributed by atoms with E-state index in [1.807, 2.05) is 4.90 Å². The highest BCUT2D eigenvalue weighted by molar-refractivity contribution is 8.01. The average Bonchev–Trinajstić information content (AvgIpc) is 2.48. The number of sulfone groups is 1. The Morgan fingerprint density at radius 1 is 1.50 bits per heavy atom. The molecule has 2 rings (SSSR count). The number of pyridine rings is 1. The van der Waals surface area contributed by atoms with Crippen molar-refractivity contribution in [2.75, 3.05) is 28.7 Å². The van der Waals surface area contributed by atoms with Crippen LogP contribution in [-0.2, 0) is 15.7 Å². The first-order valence-corrected chi connectivity index (χ1v) is 10.0. The van der Waals surface area contributed by atoms with Crippen LogP contribution < -0.4 is 4.90 Å². The summed E-state index contributed by atoms with van der Waals surface area (Å²) in [4.78, 5) is 6.25. The van der Waals surface area contributed by atoms with Crippen molar-refractivity contribution in [3.63, 3.8) is 0 Å². The number of anilines is 1. The van der Waals surface area contributed by atoms with Gasteiger partial charge in [-0.25, -0.2) is 13.4 Å². The smallest absolute Gasteiger partial charge is 0.171 e. The zero-order chi connectivity index (χ0) is 14.8. The van der Waals surface area contributed by atoms with E-state index in [0.29, 0.717) is 28.8 Å². The van der Waals surface area contributed by atoms with Gasteiger partial charge in [0.2, 0.25) is 0 Å². The van der Waals surface area contributed by atoms with E-state index in [9.17, 15) is 8.42 Å². The summed E-state index contributed by atoms with van der Waals surface area (Å²) in [6.07, 6.45) is 0. The molecular weight excluding hydrogens is 339 g/mol. The molecule has 0 aliphatic carbocycles. The van der Waals surface area contributed by atoms with E-state index in [2.05, 4.69) is 4.98 Å². The van der Waals surface area contributed by atoms with E-state index >= 15 is 0 Å². The number of aromatic nitrogens is 1. The fraction of sp³-hybridized carbons (Fsp3) is 0.583. The van der Waals surface area contributed by atoms with E-state index in [1.54, 1.807) is 30.8 Å². The van der Waals surface area contributed by atoms with Gasteiger partial charge in [0.1, 0.15) is 11.2 Å². The molecule has 1 atom stereocenters. The Hall–Kier alpha value is -0.170. The van der Waals surface area contributed by atoms with Crippen molar-refractivity contribution < 1.29 is 8.42 Å². The molecule has 1 aliphatic heterocycles. The van der Waals surface area contributed by atoms with E-state index in [-0.39, 0.29) is 11.6 Å². The molecule has 20 heavy (non-hydrogen) atoms. The lowest BCUT2D eigenvalue weighted by molar-refractivity contribution is 0.579. The lowest BCUT2D eigenvalue weighted by Gasteiger charge is -2.35. The van der Waals surface area contributed by atoms with Gasteiger partial charge in [0.25, 0.3) is 0 Å². The average molecular weight is 355 g/mol. The van der Waals surface area contributed by atoms with Gasteiger partial charge < -0.3 is 4.90 Å². The maximum atomic E-state index is 12.2. The summed E-state index contributed by atoms with van der Waals surface area (Å²) in [5.74, 6) is 2.42. The summed E-state index contributed by atoms with van der Waals surface area (Å²) < 4.78 is 24.4. The van der Waals surface area contributed by atoms with Gasteiger partial charge in [-0.3, -0.25) is 0 Å². The summed E-state index contributed by atoms with van der Waals surface area (Å²) in [5.41, 5.74) is 0.580. The molecule has 0 N–H and O–H groups in total.